The average Bonchev–Trinajstić information content (AvgIpc) is 2.46. The number of carbonyl (C=O) groups is 1. The van der Waals surface area contributed by atoms with Gasteiger partial charge in [0.05, 0.1) is 18.8 Å². The number of nitrogens with zero attached hydrogens (tertiary/aromatic N) is 2. The summed E-state index contributed by atoms with van der Waals surface area (Å²) in [5, 5.41) is 0. The summed E-state index contributed by atoms with van der Waals surface area (Å²) in [6.45, 7) is 9.90. The molecule has 0 bridgehead atoms. The fourth-order valence-corrected chi connectivity index (χ4v) is 3.66. The first-order valence-corrected chi connectivity index (χ1v) is 8.40. The number of amides is 1. The number of hydrogen-bond donors (Lipinski definition) is 1. The zero-order valence-corrected chi connectivity index (χ0v) is 13.8. The Kier molecular flexibility index (Phi) is 6.02. The van der Waals surface area contributed by atoms with Crippen molar-refractivity contribution in [1.29, 1.82) is 0 Å². The van der Waals surface area contributed by atoms with Crippen LogP contribution in [0, 0.1) is 5.92 Å². The summed E-state index contributed by atoms with van der Waals surface area (Å²) in [6, 6.07) is 0.364. The molecule has 122 valence electrons. The fraction of sp³-hybridized carbons (Fsp3) is 0.938. The van der Waals surface area contributed by atoms with E-state index in [9.17, 15) is 4.79 Å². The molecule has 0 aromatic rings. The second-order valence-electron chi connectivity index (χ2n) is 6.71. The molecule has 0 radical (unpaired) electrons. The van der Waals surface area contributed by atoms with Gasteiger partial charge in [-0.25, -0.2) is 0 Å². The van der Waals surface area contributed by atoms with Crippen LogP contribution in [0.5, 0.6) is 0 Å². The minimum atomic E-state index is 0.133. The van der Waals surface area contributed by atoms with E-state index in [0.29, 0.717) is 32.2 Å². The van der Waals surface area contributed by atoms with Gasteiger partial charge in [0, 0.05) is 25.7 Å². The summed E-state index contributed by atoms with van der Waals surface area (Å²) in [5.74, 6) is 0.999. The SMILES string of the molecule is CCC1CCN(CC(=O)N2CC(C)OC(C)C2)C(CN)C1. The first kappa shape index (κ1) is 16.7. The highest BCUT2D eigenvalue weighted by Gasteiger charge is 2.31. The lowest BCUT2D eigenvalue weighted by Crippen LogP contribution is -2.54. The van der Waals surface area contributed by atoms with Gasteiger partial charge in [-0.05, 0) is 39.2 Å². The Balaban J connectivity index is 1.89. The lowest BCUT2D eigenvalue weighted by molar-refractivity contribution is -0.145. The van der Waals surface area contributed by atoms with E-state index in [1.807, 2.05) is 18.7 Å². The predicted octanol–water partition coefficient (Wildman–Crippen LogP) is 1.07. The van der Waals surface area contributed by atoms with Gasteiger partial charge in [-0.3, -0.25) is 9.69 Å². The summed E-state index contributed by atoms with van der Waals surface area (Å²) >= 11 is 0. The number of carbonyl (C=O) groups excluding carboxylic acids is 1. The van der Waals surface area contributed by atoms with Crippen molar-refractivity contribution >= 4 is 5.91 Å². The molecule has 2 heterocycles. The first-order valence-electron chi connectivity index (χ1n) is 8.40. The van der Waals surface area contributed by atoms with Crippen molar-refractivity contribution in [2.75, 3.05) is 32.7 Å². The minimum Gasteiger partial charge on any atom is -0.372 e. The van der Waals surface area contributed by atoms with Crippen LogP contribution < -0.4 is 5.73 Å². The van der Waals surface area contributed by atoms with Crippen LogP contribution in [0.25, 0.3) is 0 Å². The number of nitrogens with two attached hydrogens (primary N) is 1. The van der Waals surface area contributed by atoms with Crippen molar-refractivity contribution in [2.45, 2.75) is 58.3 Å². The van der Waals surface area contributed by atoms with E-state index < -0.39 is 0 Å². The molecule has 1 amide bonds. The number of likely N-dealkylation sites (tertiary alicyclic amines) is 1. The Morgan fingerprint density at radius 1 is 1.29 bits per heavy atom. The van der Waals surface area contributed by atoms with Gasteiger partial charge in [-0.15, -0.1) is 0 Å². The van der Waals surface area contributed by atoms with E-state index in [0.717, 1.165) is 18.9 Å². The van der Waals surface area contributed by atoms with E-state index in [1.54, 1.807) is 0 Å². The van der Waals surface area contributed by atoms with Crippen LogP contribution >= 0.6 is 0 Å². The van der Waals surface area contributed by atoms with Crippen LogP contribution in [0.4, 0.5) is 0 Å². The Morgan fingerprint density at radius 3 is 2.52 bits per heavy atom. The van der Waals surface area contributed by atoms with Gasteiger partial charge in [0.15, 0.2) is 0 Å². The molecule has 5 heteroatoms. The highest BCUT2D eigenvalue weighted by Crippen LogP contribution is 2.25. The number of piperidine rings is 1. The largest absolute Gasteiger partial charge is 0.372 e. The highest BCUT2D eigenvalue weighted by atomic mass is 16.5. The third-order valence-corrected chi connectivity index (χ3v) is 4.91. The molecule has 5 nitrogen and oxygen atoms in total. The Hall–Kier alpha value is -0.650. The van der Waals surface area contributed by atoms with Gasteiger partial charge in [0.1, 0.15) is 0 Å². The van der Waals surface area contributed by atoms with Gasteiger partial charge in [-0.2, -0.15) is 0 Å². The standard InChI is InChI=1S/C16H31N3O2/c1-4-14-5-6-18(15(7-14)8-17)11-16(20)19-9-12(2)21-13(3)10-19/h12-15H,4-11,17H2,1-3H3. The van der Waals surface area contributed by atoms with Crippen molar-refractivity contribution in [2.24, 2.45) is 11.7 Å². The van der Waals surface area contributed by atoms with E-state index in [1.165, 1.54) is 12.8 Å². The first-order chi connectivity index (χ1) is 10.0. The molecule has 2 aliphatic heterocycles. The van der Waals surface area contributed by atoms with Crippen LogP contribution in [0.3, 0.4) is 0 Å². The highest BCUT2D eigenvalue weighted by molar-refractivity contribution is 5.78. The fourth-order valence-electron chi connectivity index (χ4n) is 3.66. The molecule has 4 unspecified atom stereocenters. The zero-order chi connectivity index (χ0) is 15.4. The van der Waals surface area contributed by atoms with Crippen molar-refractivity contribution in [1.82, 2.24) is 9.80 Å². The third-order valence-electron chi connectivity index (χ3n) is 4.91. The lowest BCUT2D eigenvalue weighted by atomic mass is 9.89. The normalized spacial score (nSPS) is 35.0. The monoisotopic (exact) mass is 297 g/mol. The molecule has 2 saturated heterocycles. The second-order valence-corrected chi connectivity index (χ2v) is 6.71. The maximum Gasteiger partial charge on any atom is 0.236 e. The quantitative estimate of drug-likeness (QED) is 0.843. The zero-order valence-electron chi connectivity index (χ0n) is 13.8. The Labute approximate surface area is 128 Å². The van der Waals surface area contributed by atoms with Crippen LogP contribution in [-0.2, 0) is 9.53 Å². The van der Waals surface area contributed by atoms with Gasteiger partial charge in [0.2, 0.25) is 5.91 Å². The number of morpholine rings is 1. The number of hydrogen-bond acceptors (Lipinski definition) is 4. The molecule has 21 heavy (non-hydrogen) atoms. The molecular formula is C16H31N3O2. The van der Waals surface area contributed by atoms with E-state index in [2.05, 4.69) is 11.8 Å². The molecule has 2 aliphatic rings. The summed E-state index contributed by atoms with van der Waals surface area (Å²) in [6.07, 6.45) is 3.81. The van der Waals surface area contributed by atoms with Crippen LogP contribution in [0.1, 0.15) is 40.0 Å². The van der Waals surface area contributed by atoms with Gasteiger partial charge in [0.25, 0.3) is 0 Å². The van der Waals surface area contributed by atoms with Crippen LogP contribution in [0.2, 0.25) is 0 Å². The van der Waals surface area contributed by atoms with Crippen LogP contribution in [0.15, 0.2) is 0 Å². The van der Waals surface area contributed by atoms with Crippen molar-refractivity contribution in [3.8, 4) is 0 Å². The minimum absolute atomic E-state index is 0.133. The molecule has 0 aromatic heterocycles. The summed E-state index contributed by atoms with van der Waals surface area (Å²) < 4.78 is 5.70. The second kappa shape index (κ2) is 7.56. The smallest absolute Gasteiger partial charge is 0.236 e. The summed E-state index contributed by atoms with van der Waals surface area (Å²) in [5.41, 5.74) is 5.92. The van der Waals surface area contributed by atoms with Gasteiger partial charge in [-0.1, -0.05) is 13.3 Å². The number of rotatable bonds is 4. The molecular weight excluding hydrogens is 266 g/mol. The van der Waals surface area contributed by atoms with E-state index in [-0.39, 0.29) is 18.1 Å². The molecule has 2 N–H and O–H groups in total. The Morgan fingerprint density at radius 2 is 1.95 bits per heavy atom. The third kappa shape index (κ3) is 4.41. The van der Waals surface area contributed by atoms with Gasteiger partial charge >= 0.3 is 0 Å². The van der Waals surface area contributed by atoms with Gasteiger partial charge < -0.3 is 15.4 Å². The Bertz CT molecular complexity index is 340. The maximum atomic E-state index is 12.6. The summed E-state index contributed by atoms with van der Waals surface area (Å²) in [7, 11) is 0. The van der Waals surface area contributed by atoms with E-state index in [4.69, 9.17) is 10.5 Å². The average molecular weight is 297 g/mol. The van der Waals surface area contributed by atoms with Crippen molar-refractivity contribution in [3.05, 3.63) is 0 Å². The maximum absolute atomic E-state index is 12.6. The molecule has 4 atom stereocenters. The molecule has 0 saturated carbocycles. The van der Waals surface area contributed by atoms with Crippen molar-refractivity contribution in [3.63, 3.8) is 0 Å². The van der Waals surface area contributed by atoms with Crippen molar-refractivity contribution < 1.29 is 9.53 Å². The molecule has 2 rings (SSSR count). The topological polar surface area (TPSA) is 58.8 Å². The van der Waals surface area contributed by atoms with E-state index >= 15 is 0 Å². The van der Waals surface area contributed by atoms with Crippen LogP contribution in [-0.4, -0.2) is 66.7 Å². The molecule has 0 aliphatic carbocycles. The molecule has 0 aromatic carbocycles. The molecule has 2 fully saturated rings. The predicted molar refractivity (Wildman–Crippen MR) is 84.0 cm³/mol. The molecule has 0 spiro atoms. The summed E-state index contributed by atoms with van der Waals surface area (Å²) in [4.78, 5) is 16.8. The lowest BCUT2D eigenvalue weighted by Gasteiger charge is -2.41. The number of ether oxygens (including phenoxy) is 1.